The molecule has 0 saturated heterocycles. The SMILES string of the molecule is CCCCC(=O)C(F)C(C)C. The molecular weight excluding hydrogens is 143 g/mol. The van der Waals surface area contributed by atoms with Crippen LogP contribution in [0.2, 0.25) is 0 Å². The number of rotatable bonds is 5. The molecule has 11 heavy (non-hydrogen) atoms. The van der Waals surface area contributed by atoms with E-state index >= 15 is 0 Å². The highest BCUT2D eigenvalue weighted by molar-refractivity contribution is 5.83. The van der Waals surface area contributed by atoms with Gasteiger partial charge in [0.15, 0.2) is 12.0 Å². The zero-order chi connectivity index (χ0) is 8.85. The lowest BCUT2D eigenvalue weighted by molar-refractivity contribution is -0.125. The van der Waals surface area contributed by atoms with Gasteiger partial charge in [-0.3, -0.25) is 4.79 Å². The van der Waals surface area contributed by atoms with Crippen molar-refractivity contribution in [3.05, 3.63) is 0 Å². The van der Waals surface area contributed by atoms with Gasteiger partial charge in [0.1, 0.15) is 0 Å². The molecule has 0 aromatic rings. The minimum Gasteiger partial charge on any atom is -0.296 e. The molecule has 0 aliphatic heterocycles. The van der Waals surface area contributed by atoms with Crippen LogP contribution in [0.3, 0.4) is 0 Å². The highest BCUT2D eigenvalue weighted by Gasteiger charge is 2.19. The maximum atomic E-state index is 12.9. The molecule has 0 aliphatic carbocycles. The third kappa shape index (κ3) is 4.12. The summed E-state index contributed by atoms with van der Waals surface area (Å²) in [6, 6.07) is 0. The lowest BCUT2D eigenvalue weighted by atomic mass is 10.0. The molecule has 0 aliphatic rings. The van der Waals surface area contributed by atoms with Crippen LogP contribution in [0.25, 0.3) is 0 Å². The summed E-state index contributed by atoms with van der Waals surface area (Å²) in [4.78, 5) is 11.0. The molecule has 0 amide bonds. The first kappa shape index (κ1) is 10.6. The molecule has 0 N–H and O–H groups in total. The van der Waals surface area contributed by atoms with Gasteiger partial charge in [-0.25, -0.2) is 4.39 Å². The lowest BCUT2D eigenvalue weighted by Gasteiger charge is -2.09. The van der Waals surface area contributed by atoms with E-state index in [0.29, 0.717) is 6.42 Å². The number of Topliss-reactive ketones (excluding diaryl/α,β-unsaturated/α-hetero) is 1. The summed E-state index contributed by atoms with van der Waals surface area (Å²) in [7, 11) is 0. The number of unbranched alkanes of at least 4 members (excludes halogenated alkanes) is 1. The van der Waals surface area contributed by atoms with E-state index in [0.717, 1.165) is 12.8 Å². The van der Waals surface area contributed by atoms with Gasteiger partial charge >= 0.3 is 0 Å². The van der Waals surface area contributed by atoms with Crippen LogP contribution < -0.4 is 0 Å². The van der Waals surface area contributed by atoms with E-state index in [1.165, 1.54) is 0 Å². The van der Waals surface area contributed by atoms with E-state index < -0.39 is 6.17 Å². The van der Waals surface area contributed by atoms with Crippen LogP contribution in [0, 0.1) is 5.92 Å². The largest absolute Gasteiger partial charge is 0.296 e. The number of hydrogen-bond donors (Lipinski definition) is 0. The van der Waals surface area contributed by atoms with Crippen LogP contribution in [0.1, 0.15) is 40.0 Å². The first-order valence-electron chi connectivity index (χ1n) is 4.26. The third-order valence-electron chi connectivity index (χ3n) is 1.67. The minimum absolute atomic E-state index is 0.167. The fourth-order valence-corrected chi connectivity index (χ4v) is 0.861. The minimum atomic E-state index is -1.25. The van der Waals surface area contributed by atoms with Gasteiger partial charge in [-0.15, -0.1) is 0 Å². The van der Waals surface area contributed by atoms with Gasteiger partial charge in [0.25, 0.3) is 0 Å². The summed E-state index contributed by atoms with van der Waals surface area (Å²) < 4.78 is 12.9. The first-order valence-corrected chi connectivity index (χ1v) is 4.26. The predicted octanol–water partition coefficient (Wildman–Crippen LogP) is 2.74. The van der Waals surface area contributed by atoms with Crippen molar-refractivity contribution in [3.8, 4) is 0 Å². The highest BCUT2D eigenvalue weighted by Crippen LogP contribution is 2.10. The number of hydrogen-bond acceptors (Lipinski definition) is 1. The molecule has 0 aromatic heterocycles. The van der Waals surface area contributed by atoms with Gasteiger partial charge in [-0.1, -0.05) is 27.2 Å². The Morgan fingerprint density at radius 3 is 2.36 bits per heavy atom. The highest BCUT2D eigenvalue weighted by atomic mass is 19.1. The maximum Gasteiger partial charge on any atom is 0.167 e. The van der Waals surface area contributed by atoms with E-state index in [1.54, 1.807) is 13.8 Å². The van der Waals surface area contributed by atoms with Gasteiger partial charge in [-0.05, 0) is 12.3 Å². The number of carbonyl (C=O) groups excluding carboxylic acids is 1. The van der Waals surface area contributed by atoms with Crippen molar-refractivity contribution in [2.24, 2.45) is 5.92 Å². The molecule has 2 heteroatoms. The quantitative estimate of drug-likeness (QED) is 0.604. The summed E-state index contributed by atoms with van der Waals surface area (Å²) in [6.07, 6.45) is 0.916. The molecule has 0 radical (unpaired) electrons. The van der Waals surface area contributed by atoms with Crippen molar-refractivity contribution < 1.29 is 9.18 Å². The van der Waals surface area contributed by atoms with E-state index in [1.807, 2.05) is 6.92 Å². The Bertz CT molecular complexity index is 121. The summed E-state index contributed by atoms with van der Waals surface area (Å²) in [5.74, 6) is -0.402. The molecule has 0 rings (SSSR count). The Kier molecular flexibility index (Phi) is 5.08. The van der Waals surface area contributed by atoms with Crippen molar-refractivity contribution in [3.63, 3.8) is 0 Å². The topological polar surface area (TPSA) is 17.1 Å². The molecule has 1 nitrogen and oxygen atoms in total. The third-order valence-corrected chi connectivity index (χ3v) is 1.67. The summed E-state index contributed by atoms with van der Waals surface area (Å²) >= 11 is 0. The van der Waals surface area contributed by atoms with Crippen molar-refractivity contribution in [1.29, 1.82) is 0 Å². The molecule has 0 heterocycles. The molecular formula is C9H17FO. The van der Waals surface area contributed by atoms with E-state index in [4.69, 9.17) is 0 Å². The van der Waals surface area contributed by atoms with Crippen molar-refractivity contribution in [2.75, 3.05) is 0 Å². The Morgan fingerprint density at radius 2 is 2.00 bits per heavy atom. The Balaban J connectivity index is 3.64. The Morgan fingerprint density at radius 1 is 1.45 bits per heavy atom. The van der Waals surface area contributed by atoms with Crippen LogP contribution in [-0.2, 0) is 4.79 Å². The second-order valence-corrected chi connectivity index (χ2v) is 3.22. The van der Waals surface area contributed by atoms with Gasteiger partial charge < -0.3 is 0 Å². The van der Waals surface area contributed by atoms with Gasteiger partial charge in [0.05, 0.1) is 0 Å². The normalized spacial score (nSPS) is 13.5. The van der Waals surface area contributed by atoms with Gasteiger partial charge in [0.2, 0.25) is 0 Å². The van der Waals surface area contributed by atoms with Crippen LogP contribution in [0.15, 0.2) is 0 Å². The predicted molar refractivity (Wildman–Crippen MR) is 44.3 cm³/mol. The van der Waals surface area contributed by atoms with Crippen molar-refractivity contribution >= 4 is 5.78 Å². The zero-order valence-electron chi connectivity index (χ0n) is 7.56. The van der Waals surface area contributed by atoms with Crippen LogP contribution >= 0.6 is 0 Å². The number of carbonyl (C=O) groups is 1. The van der Waals surface area contributed by atoms with E-state index in [2.05, 4.69) is 0 Å². The molecule has 1 atom stereocenters. The summed E-state index contributed by atoms with van der Waals surface area (Å²) in [6.45, 7) is 5.46. The number of ketones is 1. The van der Waals surface area contributed by atoms with E-state index in [9.17, 15) is 9.18 Å². The van der Waals surface area contributed by atoms with Crippen molar-refractivity contribution in [1.82, 2.24) is 0 Å². The standard InChI is InChI=1S/C9H17FO/c1-4-5-6-8(11)9(10)7(2)3/h7,9H,4-6H2,1-3H3. The molecule has 0 bridgehead atoms. The second-order valence-electron chi connectivity index (χ2n) is 3.22. The first-order chi connectivity index (χ1) is 5.09. The van der Waals surface area contributed by atoms with E-state index in [-0.39, 0.29) is 11.7 Å². The zero-order valence-corrected chi connectivity index (χ0v) is 7.56. The molecule has 0 saturated carbocycles. The van der Waals surface area contributed by atoms with Crippen LogP contribution in [0.5, 0.6) is 0 Å². The van der Waals surface area contributed by atoms with Crippen LogP contribution in [0.4, 0.5) is 4.39 Å². The van der Waals surface area contributed by atoms with Crippen molar-refractivity contribution in [2.45, 2.75) is 46.2 Å². The van der Waals surface area contributed by atoms with Gasteiger partial charge in [0, 0.05) is 6.42 Å². The molecule has 0 fully saturated rings. The fraction of sp³-hybridized carbons (Fsp3) is 0.889. The summed E-state index contributed by atoms with van der Waals surface area (Å²) in [5, 5.41) is 0. The number of alkyl halides is 1. The lowest BCUT2D eigenvalue weighted by Crippen LogP contribution is -2.21. The fourth-order valence-electron chi connectivity index (χ4n) is 0.861. The van der Waals surface area contributed by atoms with Gasteiger partial charge in [-0.2, -0.15) is 0 Å². The van der Waals surface area contributed by atoms with Crippen LogP contribution in [-0.4, -0.2) is 12.0 Å². The summed E-state index contributed by atoms with van der Waals surface area (Å²) in [5.41, 5.74) is 0. The molecule has 66 valence electrons. The monoisotopic (exact) mass is 160 g/mol. The second kappa shape index (κ2) is 5.28. The molecule has 0 spiro atoms. The Hall–Kier alpha value is -0.400. The molecule has 1 unspecified atom stereocenters. The average molecular weight is 160 g/mol. The maximum absolute atomic E-state index is 12.9. The average Bonchev–Trinajstić information content (AvgIpc) is 1.98. The molecule has 0 aromatic carbocycles. The Labute approximate surface area is 68.0 Å². The smallest absolute Gasteiger partial charge is 0.167 e. The number of halogens is 1.